The largest absolute Gasteiger partial charge is 0.399 e. The van der Waals surface area contributed by atoms with E-state index in [1.807, 2.05) is 19.1 Å². The van der Waals surface area contributed by atoms with Crippen molar-refractivity contribution in [1.29, 1.82) is 0 Å². The van der Waals surface area contributed by atoms with Gasteiger partial charge in [0, 0.05) is 11.6 Å². The Hall–Kier alpha value is -2.67. The lowest BCUT2D eigenvalue weighted by atomic mass is 9.77. The van der Waals surface area contributed by atoms with Crippen molar-refractivity contribution in [2.75, 3.05) is 5.73 Å². The molecule has 2 nitrogen and oxygen atoms in total. The zero-order valence-corrected chi connectivity index (χ0v) is 19.0. The maximum atomic E-state index is 6.15. The van der Waals surface area contributed by atoms with E-state index in [4.69, 9.17) is 11.5 Å². The van der Waals surface area contributed by atoms with E-state index in [1.54, 1.807) is 0 Å². The van der Waals surface area contributed by atoms with Crippen molar-refractivity contribution >= 4 is 24.9 Å². The quantitative estimate of drug-likeness (QED) is 0.347. The molecule has 0 atom stereocenters. The fourth-order valence-corrected chi connectivity index (χ4v) is 5.02. The summed E-state index contributed by atoms with van der Waals surface area (Å²) in [6.45, 7) is 6.31. The van der Waals surface area contributed by atoms with Gasteiger partial charge in [0.2, 0.25) is 0 Å². The van der Waals surface area contributed by atoms with Gasteiger partial charge in [0.15, 0.2) is 0 Å². The van der Waals surface area contributed by atoms with E-state index < -0.39 is 0 Å². The van der Waals surface area contributed by atoms with Crippen LogP contribution in [0.15, 0.2) is 108 Å². The van der Waals surface area contributed by atoms with Crippen LogP contribution in [0, 0.1) is 0 Å². The van der Waals surface area contributed by atoms with Crippen LogP contribution in [0.5, 0.6) is 0 Å². The number of nitrogen functional groups attached to an aromatic ring is 1. The van der Waals surface area contributed by atoms with Crippen LogP contribution in [0.2, 0.25) is 0 Å². The third-order valence-corrected chi connectivity index (χ3v) is 6.34. The molecule has 4 rings (SSSR count). The van der Waals surface area contributed by atoms with Crippen LogP contribution in [-0.4, -0.2) is 5.54 Å². The minimum Gasteiger partial charge on any atom is -0.399 e. The van der Waals surface area contributed by atoms with Gasteiger partial charge in [-0.05, 0) is 49.1 Å². The van der Waals surface area contributed by atoms with Gasteiger partial charge in [0.1, 0.15) is 0 Å². The summed E-state index contributed by atoms with van der Waals surface area (Å²) >= 11 is 0. The highest BCUT2D eigenvalue weighted by atomic mass is 31.1. The summed E-state index contributed by atoms with van der Waals surface area (Å²) in [5.74, 6) is 0.340. The zero-order valence-electron chi connectivity index (χ0n) is 18.0. The Labute approximate surface area is 182 Å². The molecule has 3 aromatic carbocycles. The number of hydrogen-bond donors (Lipinski definition) is 2. The first kappa shape index (κ1) is 22.0. The molecule has 0 aliphatic heterocycles. The molecule has 3 aromatic rings. The van der Waals surface area contributed by atoms with Crippen LogP contribution >= 0.6 is 8.58 Å². The standard InChI is InChI=1S/C15H20N2.C12H11P/c1-10-8-15(3,17)9-11(2)14(10)12-4-6-13(16)7-5-12;1-3-7-11(8-4-1)13-12-9-5-2-6-10-12/h4-9,14H,16-17H2,1-3H3;1-10,13H. The molecule has 3 heteroatoms. The first-order chi connectivity index (χ1) is 14.3. The molecule has 0 saturated carbocycles. The van der Waals surface area contributed by atoms with Crippen LogP contribution in [-0.2, 0) is 0 Å². The second-order valence-electron chi connectivity index (χ2n) is 8.10. The Kier molecular flexibility index (Phi) is 7.26. The van der Waals surface area contributed by atoms with Crippen molar-refractivity contribution in [2.24, 2.45) is 5.73 Å². The molecule has 0 aromatic heterocycles. The lowest BCUT2D eigenvalue weighted by Crippen LogP contribution is -2.34. The van der Waals surface area contributed by atoms with Crippen molar-refractivity contribution < 1.29 is 0 Å². The zero-order chi connectivity index (χ0) is 21.6. The molecule has 1 aliphatic rings. The van der Waals surface area contributed by atoms with Crippen molar-refractivity contribution in [3.8, 4) is 0 Å². The molecule has 0 bridgehead atoms. The molecular weight excluding hydrogens is 383 g/mol. The molecule has 30 heavy (non-hydrogen) atoms. The second kappa shape index (κ2) is 9.89. The predicted octanol–water partition coefficient (Wildman–Crippen LogP) is 5.29. The molecule has 0 unspecified atom stereocenters. The highest BCUT2D eigenvalue weighted by molar-refractivity contribution is 7.55. The Morgan fingerprint density at radius 1 is 0.700 bits per heavy atom. The Bertz CT molecular complexity index is 944. The average molecular weight is 415 g/mol. The SMILES string of the molecule is CC1=CC(C)(N)C=C(C)C1c1ccc(N)cc1.c1ccc(Pc2ccccc2)cc1. The molecule has 0 saturated heterocycles. The topological polar surface area (TPSA) is 52.0 Å². The minimum absolute atomic E-state index is 0.321. The highest BCUT2D eigenvalue weighted by Gasteiger charge is 2.25. The van der Waals surface area contributed by atoms with Gasteiger partial charge in [-0.25, -0.2) is 0 Å². The average Bonchev–Trinajstić information content (AvgIpc) is 2.70. The van der Waals surface area contributed by atoms with Gasteiger partial charge < -0.3 is 11.5 Å². The molecule has 154 valence electrons. The monoisotopic (exact) mass is 414 g/mol. The van der Waals surface area contributed by atoms with E-state index in [1.165, 1.54) is 27.3 Å². The maximum Gasteiger partial charge on any atom is 0.0502 e. The molecular formula is C27H31N2P. The Morgan fingerprint density at radius 2 is 1.13 bits per heavy atom. The lowest BCUT2D eigenvalue weighted by molar-refractivity contribution is 0.680. The van der Waals surface area contributed by atoms with Crippen LogP contribution in [0.3, 0.4) is 0 Å². The summed E-state index contributed by atoms with van der Waals surface area (Å²) in [4.78, 5) is 0. The van der Waals surface area contributed by atoms with Gasteiger partial charge in [-0.15, -0.1) is 0 Å². The van der Waals surface area contributed by atoms with E-state index >= 15 is 0 Å². The van der Waals surface area contributed by atoms with Crippen LogP contribution in [0.25, 0.3) is 0 Å². The van der Waals surface area contributed by atoms with Crippen LogP contribution in [0.4, 0.5) is 5.69 Å². The molecule has 1 aliphatic carbocycles. The first-order valence-corrected chi connectivity index (χ1v) is 11.2. The van der Waals surface area contributed by atoms with Gasteiger partial charge >= 0.3 is 0 Å². The highest BCUT2D eigenvalue weighted by Crippen LogP contribution is 2.37. The first-order valence-electron chi connectivity index (χ1n) is 10.2. The van der Waals surface area contributed by atoms with Crippen LogP contribution in [0.1, 0.15) is 32.3 Å². The summed E-state index contributed by atoms with van der Waals surface area (Å²) in [5, 5.41) is 2.79. The number of benzene rings is 3. The summed E-state index contributed by atoms with van der Waals surface area (Å²) in [6, 6.07) is 29.2. The van der Waals surface area contributed by atoms with Gasteiger partial charge in [-0.1, -0.05) is 105 Å². The summed E-state index contributed by atoms with van der Waals surface area (Å²) in [5.41, 5.74) is 16.2. The molecule has 0 heterocycles. The molecule has 0 radical (unpaired) electrons. The lowest BCUT2D eigenvalue weighted by Gasteiger charge is -2.30. The summed E-state index contributed by atoms with van der Waals surface area (Å²) in [7, 11) is 0.777. The van der Waals surface area contributed by atoms with E-state index in [9.17, 15) is 0 Å². The van der Waals surface area contributed by atoms with E-state index in [-0.39, 0.29) is 5.54 Å². The summed E-state index contributed by atoms with van der Waals surface area (Å²) in [6.07, 6.45) is 4.28. The minimum atomic E-state index is -0.321. The third-order valence-electron chi connectivity index (χ3n) is 5.09. The number of nitrogens with two attached hydrogens (primary N) is 2. The van der Waals surface area contributed by atoms with Crippen molar-refractivity contribution in [3.05, 3.63) is 114 Å². The Morgan fingerprint density at radius 3 is 1.57 bits per heavy atom. The van der Waals surface area contributed by atoms with Crippen molar-refractivity contribution in [2.45, 2.75) is 32.2 Å². The normalized spacial score (nSPS) is 20.5. The van der Waals surface area contributed by atoms with Crippen molar-refractivity contribution in [3.63, 3.8) is 0 Å². The van der Waals surface area contributed by atoms with E-state index in [2.05, 4.69) is 98.8 Å². The number of allylic oxidation sites excluding steroid dienone is 2. The smallest absolute Gasteiger partial charge is 0.0502 e. The third kappa shape index (κ3) is 6.16. The number of anilines is 1. The number of rotatable bonds is 3. The Balaban J connectivity index is 0.000000177. The molecule has 4 N–H and O–H groups in total. The van der Waals surface area contributed by atoms with Gasteiger partial charge in [0.05, 0.1) is 5.54 Å². The molecule has 0 fully saturated rings. The number of hydrogen-bond acceptors (Lipinski definition) is 2. The predicted molar refractivity (Wildman–Crippen MR) is 134 cm³/mol. The van der Waals surface area contributed by atoms with Gasteiger partial charge in [-0.2, -0.15) is 0 Å². The molecule has 0 spiro atoms. The van der Waals surface area contributed by atoms with Crippen LogP contribution < -0.4 is 22.1 Å². The van der Waals surface area contributed by atoms with E-state index in [0.717, 1.165) is 14.3 Å². The second-order valence-corrected chi connectivity index (χ2v) is 9.50. The van der Waals surface area contributed by atoms with Gasteiger partial charge in [-0.3, -0.25) is 0 Å². The van der Waals surface area contributed by atoms with E-state index in [0.29, 0.717) is 5.92 Å². The van der Waals surface area contributed by atoms with Gasteiger partial charge in [0.25, 0.3) is 0 Å². The fourth-order valence-electron chi connectivity index (χ4n) is 3.97. The maximum absolute atomic E-state index is 6.15. The van der Waals surface area contributed by atoms with Crippen molar-refractivity contribution in [1.82, 2.24) is 0 Å². The fraction of sp³-hybridized carbons (Fsp3) is 0.185. The molecule has 0 amide bonds. The summed E-state index contributed by atoms with van der Waals surface area (Å²) < 4.78 is 0.